The topological polar surface area (TPSA) is 54.0 Å². The predicted molar refractivity (Wildman–Crippen MR) is 91.1 cm³/mol. The maximum atomic E-state index is 13.9. The van der Waals surface area contributed by atoms with Crippen molar-refractivity contribution < 1.29 is 28.1 Å². The molecule has 0 spiro atoms. The normalized spacial score (nSPS) is 10.3. The van der Waals surface area contributed by atoms with Crippen molar-refractivity contribution >= 4 is 17.8 Å². The van der Waals surface area contributed by atoms with Crippen molar-refractivity contribution in [3.8, 4) is 17.2 Å². The van der Waals surface area contributed by atoms with Gasteiger partial charge in [-0.25, -0.2) is 9.18 Å². The van der Waals surface area contributed by atoms with Gasteiger partial charge in [0.25, 0.3) is 0 Å². The van der Waals surface area contributed by atoms with Gasteiger partial charge in [0, 0.05) is 6.07 Å². The standard InChI is InChI=1S/C18H18ClFO5/c1-4-11-8-13(19)17(9-14(11)20)24-10-12-15(22-2)6-5-7-16(12)25-18(21)23-3/h5-9H,4,10H2,1-3H3. The van der Waals surface area contributed by atoms with Gasteiger partial charge in [-0.2, -0.15) is 0 Å². The quantitative estimate of drug-likeness (QED) is 0.542. The third-order valence-electron chi connectivity index (χ3n) is 3.52. The number of carbonyl (C=O) groups excluding carboxylic acids is 1. The van der Waals surface area contributed by atoms with Crippen molar-refractivity contribution in [1.29, 1.82) is 0 Å². The molecule has 0 aromatic heterocycles. The molecule has 2 rings (SSSR count). The van der Waals surface area contributed by atoms with E-state index in [4.69, 9.17) is 25.8 Å². The first-order valence-electron chi connectivity index (χ1n) is 7.52. The second kappa shape index (κ2) is 8.58. The second-order valence-electron chi connectivity index (χ2n) is 5.01. The molecular formula is C18H18ClFO5. The van der Waals surface area contributed by atoms with Gasteiger partial charge in [-0.15, -0.1) is 0 Å². The van der Waals surface area contributed by atoms with E-state index in [1.54, 1.807) is 18.2 Å². The van der Waals surface area contributed by atoms with Crippen molar-refractivity contribution in [3.63, 3.8) is 0 Å². The first-order chi connectivity index (χ1) is 12.0. The van der Waals surface area contributed by atoms with Crippen LogP contribution in [-0.2, 0) is 17.8 Å². The summed E-state index contributed by atoms with van der Waals surface area (Å²) in [4.78, 5) is 11.4. The number of carbonyl (C=O) groups is 1. The van der Waals surface area contributed by atoms with Crippen LogP contribution in [0.1, 0.15) is 18.1 Å². The lowest BCUT2D eigenvalue weighted by atomic mass is 10.1. The summed E-state index contributed by atoms with van der Waals surface area (Å²) in [6, 6.07) is 7.67. The highest BCUT2D eigenvalue weighted by Gasteiger charge is 2.16. The van der Waals surface area contributed by atoms with Crippen molar-refractivity contribution in [1.82, 2.24) is 0 Å². The van der Waals surface area contributed by atoms with E-state index >= 15 is 0 Å². The van der Waals surface area contributed by atoms with Gasteiger partial charge in [0.05, 0.1) is 24.8 Å². The molecule has 0 amide bonds. The molecule has 0 unspecified atom stereocenters. The SMILES string of the molecule is CCc1cc(Cl)c(OCc2c(OC)cccc2OC(=O)OC)cc1F. The molecule has 2 aromatic rings. The average molecular weight is 369 g/mol. The van der Waals surface area contributed by atoms with Crippen LogP contribution in [0.2, 0.25) is 5.02 Å². The third-order valence-corrected chi connectivity index (χ3v) is 3.82. The number of rotatable bonds is 6. The molecule has 0 heterocycles. The van der Waals surface area contributed by atoms with Gasteiger partial charge >= 0.3 is 6.16 Å². The van der Waals surface area contributed by atoms with Crippen LogP contribution < -0.4 is 14.2 Å². The molecule has 0 saturated carbocycles. The van der Waals surface area contributed by atoms with E-state index in [0.717, 1.165) is 0 Å². The molecule has 0 saturated heterocycles. The van der Waals surface area contributed by atoms with E-state index in [9.17, 15) is 9.18 Å². The summed E-state index contributed by atoms with van der Waals surface area (Å²) in [6.07, 6.45) is -0.346. The Labute approximate surface area is 150 Å². The molecule has 134 valence electrons. The van der Waals surface area contributed by atoms with E-state index in [0.29, 0.717) is 28.3 Å². The van der Waals surface area contributed by atoms with Crippen LogP contribution in [0.4, 0.5) is 9.18 Å². The van der Waals surface area contributed by atoms with Crippen LogP contribution in [0.5, 0.6) is 17.2 Å². The van der Waals surface area contributed by atoms with E-state index in [-0.39, 0.29) is 18.1 Å². The summed E-state index contributed by atoms with van der Waals surface area (Å²) in [7, 11) is 2.68. The Bertz CT molecular complexity index is 763. The van der Waals surface area contributed by atoms with Gasteiger partial charge in [-0.05, 0) is 30.2 Å². The van der Waals surface area contributed by atoms with Crippen LogP contribution >= 0.6 is 11.6 Å². The zero-order valence-corrected chi connectivity index (χ0v) is 14.9. The Kier molecular flexibility index (Phi) is 6.47. The molecule has 5 nitrogen and oxygen atoms in total. The van der Waals surface area contributed by atoms with E-state index in [1.165, 1.54) is 26.4 Å². The van der Waals surface area contributed by atoms with Gasteiger partial charge in [-0.1, -0.05) is 24.6 Å². The highest BCUT2D eigenvalue weighted by Crippen LogP contribution is 2.33. The first-order valence-corrected chi connectivity index (χ1v) is 7.90. The Balaban J connectivity index is 2.28. The van der Waals surface area contributed by atoms with Gasteiger partial charge in [0.2, 0.25) is 0 Å². The predicted octanol–water partition coefficient (Wildman–Crippen LogP) is 4.77. The number of ether oxygens (including phenoxy) is 4. The fourth-order valence-corrected chi connectivity index (χ4v) is 2.45. The fraction of sp³-hybridized carbons (Fsp3) is 0.278. The summed E-state index contributed by atoms with van der Waals surface area (Å²) in [5.41, 5.74) is 0.968. The summed E-state index contributed by atoms with van der Waals surface area (Å²) in [6.45, 7) is 1.79. The summed E-state index contributed by atoms with van der Waals surface area (Å²) in [5, 5.41) is 0.295. The third kappa shape index (κ3) is 4.54. The number of halogens is 2. The first kappa shape index (κ1) is 18.9. The van der Waals surface area contributed by atoms with Crippen LogP contribution in [0.3, 0.4) is 0 Å². The van der Waals surface area contributed by atoms with Gasteiger partial charge in [0.15, 0.2) is 0 Å². The maximum Gasteiger partial charge on any atom is 0.513 e. The lowest BCUT2D eigenvalue weighted by Gasteiger charge is -2.15. The highest BCUT2D eigenvalue weighted by molar-refractivity contribution is 6.32. The average Bonchev–Trinajstić information content (AvgIpc) is 2.62. The maximum absolute atomic E-state index is 13.9. The molecule has 0 atom stereocenters. The molecular weight excluding hydrogens is 351 g/mol. The van der Waals surface area contributed by atoms with E-state index in [2.05, 4.69) is 4.74 Å². The van der Waals surface area contributed by atoms with Crippen molar-refractivity contribution in [3.05, 3.63) is 52.3 Å². The molecule has 0 bridgehead atoms. The molecule has 7 heteroatoms. The minimum atomic E-state index is -0.870. The van der Waals surface area contributed by atoms with Gasteiger partial charge < -0.3 is 18.9 Å². The molecule has 0 fully saturated rings. The molecule has 0 radical (unpaired) electrons. The minimum absolute atomic E-state index is 0.0407. The van der Waals surface area contributed by atoms with Crippen molar-refractivity contribution in [2.24, 2.45) is 0 Å². The van der Waals surface area contributed by atoms with Crippen LogP contribution in [0.25, 0.3) is 0 Å². The summed E-state index contributed by atoms with van der Waals surface area (Å²) in [5.74, 6) is 0.454. The van der Waals surface area contributed by atoms with Crippen molar-refractivity contribution in [2.45, 2.75) is 20.0 Å². The van der Waals surface area contributed by atoms with E-state index in [1.807, 2.05) is 6.92 Å². The summed E-state index contributed by atoms with van der Waals surface area (Å²) >= 11 is 6.14. The number of benzene rings is 2. The molecule has 0 aliphatic carbocycles. The lowest BCUT2D eigenvalue weighted by Crippen LogP contribution is -2.10. The molecule has 0 aliphatic rings. The zero-order valence-electron chi connectivity index (χ0n) is 14.1. The smallest absolute Gasteiger partial charge is 0.496 e. The lowest BCUT2D eigenvalue weighted by molar-refractivity contribution is 0.120. The van der Waals surface area contributed by atoms with Gasteiger partial charge in [0.1, 0.15) is 29.7 Å². The number of hydrogen-bond acceptors (Lipinski definition) is 5. The van der Waals surface area contributed by atoms with E-state index < -0.39 is 12.0 Å². The Morgan fingerprint density at radius 1 is 1.16 bits per heavy atom. The van der Waals surface area contributed by atoms with Gasteiger partial charge in [-0.3, -0.25) is 0 Å². The van der Waals surface area contributed by atoms with Crippen LogP contribution in [0.15, 0.2) is 30.3 Å². The molecule has 0 N–H and O–H groups in total. The number of methoxy groups -OCH3 is 2. The minimum Gasteiger partial charge on any atom is -0.496 e. The number of aryl methyl sites for hydroxylation is 1. The highest BCUT2D eigenvalue weighted by atomic mass is 35.5. The van der Waals surface area contributed by atoms with Crippen LogP contribution in [-0.4, -0.2) is 20.4 Å². The molecule has 2 aromatic carbocycles. The Morgan fingerprint density at radius 3 is 2.52 bits per heavy atom. The molecule has 0 aliphatic heterocycles. The Morgan fingerprint density at radius 2 is 1.88 bits per heavy atom. The summed E-state index contributed by atoms with van der Waals surface area (Å²) < 4.78 is 34.4. The monoisotopic (exact) mass is 368 g/mol. The number of hydrogen-bond donors (Lipinski definition) is 0. The zero-order chi connectivity index (χ0) is 18.4. The molecule has 25 heavy (non-hydrogen) atoms. The Hall–Kier alpha value is -2.47. The second-order valence-corrected chi connectivity index (χ2v) is 5.42. The largest absolute Gasteiger partial charge is 0.513 e. The van der Waals surface area contributed by atoms with Crippen LogP contribution in [0, 0.1) is 5.82 Å². The van der Waals surface area contributed by atoms with Crippen molar-refractivity contribution in [2.75, 3.05) is 14.2 Å². The fourth-order valence-electron chi connectivity index (χ4n) is 2.21.